The van der Waals surface area contributed by atoms with Crippen LogP contribution in [0.5, 0.6) is 11.5 Å². The van der Waals surface area contributed by atoms with E-state index in [1.165, 1.54) is 0 Å². The summed E-state index contributed by atoms with van der Waals surface area (Å²) in [6.45, 7) is 4.37. The molecule has 3 aromatic rings. The first-order valence-electron chi connectivity index (χ1n) is 8.37. The zero-order valence-electron chi connectivity index (χ0n) is 14.6. The second-order valence-corrected chi connectivity index (χ2v) is 6.15. The van der Waals surface area contributed by atoms with Gasteiger partial charge in [0.1, 0.15) is 18.1 Å². The van der Waals surface area contributed by atoms with Crippen molar-refractivity contribution in [3.05, 3.63) is 94.5 Å². The maximum atomic E-state index is 9.89. The zero-order chi connectivity index (χ0) is 17.6. The van der Waals surface area contributed by atoms with Crippen LogP contribution in [0.2, 0.25) is 0 Å². The minimum atomic E-state index is 0.365. The molecule has 1 N–H and O–H groups in total. The molecule has 126 valence electrons. The van der Waals surface area contributed by atoms with Gasteiger partial charge >= 0.3 is 0 Å². The van der Waals surface area contributed by atoms with Gasteiger partial charge in [-0.25, -0.2) is 0 Å². The second kappa shape index (κ2) is 7.71. The first-order valence-corrected chi connectivity index (χ1v) is 8.37. The lowest BCUT2D eigenvalue weighted by atomic mass is 10.0. The van der Waals surface area contributed by atoms with Gasteiger partial charge in [0.15, 0.2) is 0 Å². The fourth-order valence-electron chi connectivity index (χ4n) is 2.76. The van der Waals surface area contributed by atoms with Crippen molar-refractivity contribution in [3.8, 4) is 11.5 Å². The lowest BCUT2D eigenvalue weighted by Crippen LogP contribution is -1.96. The molecule has 0 amide bonds. The molecule has 3 rings (SSSR count). The van der Waals surface area contributed by atoms with Crippen LogP contribution in [-0.2, 0) is 6.61 Å². The fourth-order valence-corrected chi connectivity index (χ4v) is 2.76. The van der Waals surface area contributed by atoms with Crippen LogP contribution in [0.3, 0.4) is 0 Å². The second-order valence-electron chi connectivity index (χ2n) is 6.15. The zero-order valence-corrected chi connectivity index (χ0v) is 14.6. The number of para-hydroxylation sites is 1. The molecule has 2 heteroatoms. The molecule has 2 nitrogen and oxygen atoms in total. The Bertz CT molecular complexity index is 857. The van der Waals surface area contributed by atoms with Crippen LogP contribution in [0.25, 0.3) is 12.2 Å². The van der Waals surface area contributed by atoms with Crippen molar-refractivity contribution in [2.75, 3.05) is 0 Å². The molecule has 0 aliphatic rings. The number of benzene rings is 3. The Kier molecular flexibility index (Phi) is 5.20. The van der Waals surface area contributed by atoms with Gasteiger partial charge in [0.05, 0.1) is 0 Å². The van der Waals surface area contributed by atoms with E-state index in [0.29, 0.717) is 12.4 Å². The molecule has 0 atom stereocenters. The van der Waals surface area contributed by atoms with E-state index in [-0.39, 0.29) is 0 Å². The monoisotopic (exact) mass is 330 g/mol. The molecule has 0 heterocycles. The first kappa shape index (κ1) is 16.8. The maximum absolute atomic E-state index is 9.89. The maximum Gasteiger partial charge on any atom is 0.127 e. The number of aryl methyl sites for hydroxylation is 2. The van der Waals surface area contributed by atoms with Gasteiger partial charge in [0, 0.05) is 5.56 Å². The third-order valence-corrected chi connectivity index (χ3v) is 4.12. The van der Waals surface area contributed by atoms with Crippen molar-refractivity contribution in [3.63, 3.8) is 0 Å². The molecule has 25 heavy (non-hydrogen) atoms. The predicted molar refractivity (Wildman–Crippen MR) is 104 cm³/mol. The van der Waals surface area contributed by atoms with Crippen LogP contribution in [0.15, 0.2) is 66.7 Å². The van der Waals surface area contributed by atoms with Crippen molar-refractivity contribution >= 4 is 12.2 Å². The van der Waals surface area contributed by atoms with Gasteiger partial charge in [-0.1, -0.05) is 60.7 Å². The van der Waals surface area contributed by atoms with E-state index in [1.807, 2.05) is 80.6 Å². The summed E-state index contributed by atoms with van der Waals surface area (Å²) in [5.41, 5.74) is 5.00. The van der Waals surface area contributed by atoms with E-state index < -0.39 is 0 Å². The van der Waals surface area contributed by atoms with Gasteiger partial charge in [-0.05, 0) is 54.3 Å². The molecular weight excluding hydrogens is 308 g/mol. The van der Waals surface area contributed by atoms with E-state index in [9.17, 15) is 5.11 Å². The van der Waals surface area contributed by atoms with Crippen molar-refractivity contribution in [2.24, 2.45) is 0 Å². The average Bonchev–Trinajstić information content (AvgIpc) is 2.64. The summed E-state index contributed by atoms with van der Waals surface area (Å²) in [6.07, 6.45) is 4.09. The molecule has 3 aromatic carbocycles. The van der Waals surface area contributed by atoms with Gasteiger partial charge in [-0.2, -0.15) is 0 Å². The molecule has 0 aliphatic carbocycles. The highest BCUT2D eigenvalue weighted by Crippen LogP contribution is 2.26. The summed E-state index contributed by atoms with van der Waals surface area (Å²) in [5.74, 6) is 1.22. The molecule has 0 saturated carbocycles. The third-order valence-electron chi connectivity index (χ3n) is 4.12. The Labute approximate surface area is 149 Å². The summed E-state index contributed by atoms with van der Waals surface area (Å²) in [5, 5.41) is 9.89. The highest BCUT2D eigenvalue weighted by molar-refractivity contribution is 5.73. The standard InChI is InChI=1S/C23H22O2/c1-17-14-20(15-18(2)23(17)24)12-13-21-10-6-7-11-22(21)25-16-19-8-4-3-5-9-19/h3-15,24H,16H2,1-2H3/b13-12+. The van der Waals surface area contributed by atoms with Crippen LogP contribution in [0, 0.1) is 13.8 Å². The molecule has 0 aliphatic heterocycles. The highest BCUT2D eigenvalue weighted by Gasteiger charge is 2.03. The normalized spacial score (nSPS) is 11.0. The molecule has 0 aromatic heterocycles. The Balaban J connectivity index is 1.79. The van der Waals surface area contributed by atoms with Crippen molar-refractivity contribution in [1.82, 2.24) is 0 Å². The summed E-state index contributed by atoms with van der Waals surface area (Å²) in [7, 11) is 0. The van der Waals surface area contributed by atoms with Gasteiger partial charge in [0.2, 0.25) is 0 Å². The Hall–Kier alpha value is -3.00. The first-order chi connectivity index (χ1) is 12.1. The van der Waals surface area contributed by atoms with Crippen molar-refractivity contribution in [1.29, 1.82) is 0 Å². The molecule has 0 saturated heterocycles. The predicted octanol–water partition coefficient (Wildman–Crippen LogP) is 5.76. The number of rotatable bonds is 5. The van der Waals surface area contributed by atoms with E-state index in [2.05, 4.69) is 12.1 Å². The van der Waals surface area contributed by atoms with Crippen LogP contribution in [-0.4, -0.2) is 5.11 Å². The van der Waals surface area contributed by atoms with Crippen molar-refractivity contribution in [2.45, 2.75) is 20.5 Å². The topological polar surface area (TPSA) is 29.5 Å². The number of hydrogen-bond acceptors (Lipinski definition) is 2. The van der Waals surface area contributed by atoms with E-state index in [1.54, 1.807) is 0 Å². The van der Waals surface area contributed by atoms with Crippen LogP contribution >= 0.6 is 0 Å². The molecule has 0 unspecified atom stereocenters. The molecule has 0 spiro atoms. The lowest BCUT2D eigenvalue weighted by molar-refractivity contribution is 0.305. The molecule has 0 fully saturated rings. The number of ether oxygens (including phenoxy) is 1. The van der Waals surface area contributed by atoms with Gasteiger partial charge in [0.25, 0.3) is 0 Å². The largest absolute Gasteiger partial charge is 0.507 e. The number of phenolic OH excluding ortho intramolecular Hbond substituents is 1. The highest BCUT2D eigenvalue weighted by atomic mass is 16.5. The Morgan fingerprint density at radius 3 is 2.20 bits per heavy atom. The summed E-state index contributed by atoms with van der Waals surface area (Å²) >= 11 is 0. The van der Waals surface area contributed by atoms with Crippen LogP contribution in [0.1, 0.15) is 27.8 Å². The summed E-state index contributed by atoms with van der Waals surface area (Å²) in [6, 6.07) is 22.1. The summed E-state index contributed by atoms with van der Waals surface area (Å²) < 4.78 is 5.99. The molecule has 0 bridgehead atoms. The minimum absolute atomic E-state index is 0.365. The Morgan fingerprint density at radius 2 is 1.48 bits per heavy atom. The SMILES string of the molecule is Cc1cc(/C=C/c2ccccc2OCc2ccccc2)cc(C)c1O. The molecule has 0 radical (unpaired) electrons. The third kappa shape index (κ3) is 4.30. The smallest absolute Gasteiger partial charge is 0.127 e. The van der Waals surface area contributed by atoms with E-state index >= 15 is 0 Å². The van der Waals surface area contributed by atoms with Crippen molar-refractivity contribution < 1.29 is 9.84 Å². The molecular formula is C23H22O2. The van der Waals surface area contributed by atoms with Gasteiger partial charge in [-0.3, -0.25) is 0 Å². The number of aromatic hydroxyl groups is 1. The minimum Gasteiger partial charge on any atom is -0.507 e. The Morgan fingerprint density at radius 1 is 0.840 bits per heavy atom. The van der Waals surface area contributed by atoms with Crippen LogP contribution < -0.4 is 4.74 Å². The fraction of sp³-hybridized carbons (Fsp3) is 0.130. The van der Waals surface area contributed by atoms with Gasteiger partial charge < -0.3 is 9.84 Å². The van der Waals surface area contributed by atoms with Gasteiger partial charge in [-0.15, -0.1) is 0 Å². The van der Waals surface area contributed by atoms with E-state index in [4.69, 9.17) is 4.74 Å². The lowest BCUT2D eigenvalue weighted by Gasteiger charge is -2.09. The number of hydrogen-bond donors (Lipinski definition) is 1. The van der Waals surface area contributed by atoms with Crippen LogP contribution in [0.4, 0.5) is 0 Å². The average molecular weight is 330 g/mol. The summed E-state index contributed by atoms with van der Waals surface area (Å²) in [4.78, 5) is 0. The van der Waals surface area contributed by atoms with E-state index in [0.717, 1.165) is 33.6 Å². The quantitative estimate of drug-likeness (QED) is 0.603. The number of phenols is 1.